The number of nitrogens with zero attached hydrogens (tertiary/aromatic N) is 2. The first-order valence-electron chi connectivity index (χ1n) is 11.9. The lowest BCUT2D eigenvalue weighted by Crippen LogP contribution is -2.29. The molecule has 4 aromatic rings. The van der Waals surface area contributed by atoms with Gasteiger partial charge in [0.15, 0.2) is 5.13 Å². The molecule has 1 N–H and O–H groups in total. The second-order valence-electron chi connectivity index (χ2n) is 8.79. The molecule has 1 aliphatic rings. The van der Waals surface area contributed by atoms with Crippen molar-refractivity contribution < 1.29 is 24.2 Å². The third kappa shape index (κ3) is 4.23. The van der Waals surface area contributed by atoms with Crippen molar-refractivity contribution in [3.63, 3.8) is 0 Å². The van der Waals surface area contributed by atoms with Gasteiger partial charge in [-0.25, -0.2) is 4.98 Å². The molecule has 1 unspecified atom stereocenters. The Labute approximate surface area is 218 Å². The van der Waals surface area contributed by atoms with Crippen molar-refractivity contribution >= 4 is 44.1 Å². The normalized spacial score (nSPS) is 17.0. The number of ketones is 1. The molecule has 1 fully saturated rings. The van der Waals surface area contributed by atoms with Crippen molar-refractivity contribution in [3.8, 4) is 11.5 Å². The van der Waals surface area contributed by atoms with Gasteiger partial charge in [-0.1, -0.05) is 35.6 Å². The number of benzene rings is 3. The van der Waals surface area contributed by atoms with Gasteiger partial charge in [-0.15, -0.1) is 0 Å². The van der Waals surface area contributed by atoms with Crippen LogP contribution in [0.3, 0.4) is 0 Å². The maximum absolute atomic E-state index is 13.5. The lowest BCUT2D eigenvalue weighted by atomic mass is 9.94. The van der Waals surface area contributed by atoms with Gasteiger partial charge in [0.1, 0.15) is 23.3 Å². The second kappa shape index (κ2) is 9.71. The van der Waals surface area contributed by atoms with Crippen LogP contribution in [0.15, 0.2) is 66.2 Å². The zero-order chi connectivity index (χ0) is 26.3. The van der Waals surface area contributed by atoms with Gasteiger partial charge in [0.25, 0.3) is 5.78 Å². The molecule has 2 heterocycles. The number of aliphatic hydroxyl groups is 1. The van der Waals surface area contributed by atoms with Crippen LogP contribution in [0.5, 0.6) is 11.5 Å². The Morgan fingerprint density at radius 1 is 1.08 bits per heavy atom. The predicted molar refractivity (Wildman–Crippen MR) is 144 cm³/mol. The Balaban J connectivity index is 1.73. The Hall–Kier alpha value is -4.17. The highest BCUT2D eigenvalue weighted by molar-refractivity contribution is 7.22. The molecule has 0 aliphatic carbocycles. The van der Waals surface area contributed by atoms with Crippen LogP contribution in [0.1, 0.15) is 35.2 Å². The molecule has 0 radical (unpaired) electrons. The molecule has 1 saturated heterocycles. The minimum Gasteiger partial charge on any atom is -0.507 e. The van der Waals surface area contributed by atoms with Crippen molar-refractivity contribution in [1.82, 2.24) is 4.98 Å². The van der Waals surface area contributed by atoms with Crippen molar-refractivity contribution in [3.05, 3.63) is 88.5 Å². The van der Waals surface area contributed by atoms with E-state index in [1.807, 2.05) is 39.0 Å². The van der Waals surface area contributed by atoms with Crippen LogP contribution >= 0.6 is 11.3 Å². The number of fused-ring (bicyclic) bond motifs is 1. The summed E-state index contributed by atoms with van der Waals surface area (Å²) in [5.41, 5.74) is 3.79. The Morgan fingerprint density at radius 2 is 1.81 bits per heavy atom. The summed E-state index contributed by atoms with van der Waals surface area (Å²) < 4.78 is 12.0. The highest BCUT2D eigenvalue weighted by Crippen LogP contribution is 2.46. The fourth-order valence-corrected chi connectivity index (χ4v) is 5.88. The van der Waals surface area contributed by atoms with Gasteiger partial charge in [0.05, 0.1) is 29.5 Å². The maximum atomic E-state index is 13.5. The number of ether oxygens (including phenoxy) is 2. The van der Waals surface area contributed by atoms with Crippen molar-refractivity contribution in [2.45, 2.75) is 26.8 Å². The molecule has 3 aromatic carbocycles. The molecule has 37 heavy (non-hydrogen) atoms. The van der Waals surface area contributed by atoms with E-state index in [-0.39, 0.29) is 11.3 Å². The van der Waals surface area contributed by atoms with E-state index in [2.05, 4.69) is 0 Å². The third-order valence-corrected chi connectivity index (χ3v) is 7.34. The van der Waals surface area contributed by atoms with Crippen LogP contribution < -0.4 is 14.4 Å². The van der Waals surface area contributed by atoms with Gasteiger partial charge in [0.2, 0.25) is 0 Å². The fraction of sp³-hybridized carbons (Fsp3) is 0.207. The van der Waals surface area contributed by atoms with Crippen molar-refractivity contribution in [1.29, 1.82) is 0 Å². The molecule has 5 rings (SSSR count). The van der Waals surface area contributed by atoms with E-state index >= 15 is 0 Å². The zero-order valence-corrected chi connectivity index (χ0v) is 21.8. The topological polar surface area (TPSA) is 89.0 Å². The first-order valence-corrected chi connectivity index (χ1v) is 12.7. The number of carbonyl (C=O) groups is 2. The lowest BCUT2D eigenvalue weighted by Gasteiger charge is -2.24. The van der Waals surface area contributed by atoms with Gasteiger partial charge in [0, 0.05) is 11.1 Å². The van der Waals surface area contributed by atoms with Gasteiger partial charge in [-0.05, 0) is 68.3 Å². The first-order chi connectivity index (χ1) is 17.8. The summed E-state index contributed by atoms with van der Waals surface area (Å²) in [4.78, 5) is 33.2. The summed E-state index contributed by atoms with van der Waals surface area (Å²) in [5, 5.41) is 11.8. The number of hydrogen-bond donors (Lipinski definition) is 1. The molecule has 1 aliphatic heterocycles. The summed E-state index contributed by atoms with van der Waals surface area (Å²) in [5.74, 6) is -0.676. The van der Waals surface area contributed by atoms with Crippen molar-refractivity contribution in [2.24, 2.45) is 0 Å². The monoisotopic (exact) mass is 514 g/mol. The number of methoxy groups -OCH3 is 1. The number of thiazole rings is 1. The summed E-state index contributed by atoms with van der Waals surface area (Å²) in [7, 11) is 1.53. The minimum atomic E-state index is -0.926. The summed E-state index contributed by atoms with van der Waals surface area (Å²) >= 11 is 1.34. The van der Waals surface area contributed by atoms with E-state index in [1.54, 1.807) is 42.5 Å². The Morgan fingerprint density at radius 3 is 2.51 bits per heavy atom. The summed E-state index contributed by atoms with van der Waals surface area (Å²) in [6, 6.07) is 17.0. The average Bonchev–Trinajstić information content (AvgIpc) is 3.42. The second-order valence-corrected chi connectivity index (χ2v) is 9.80. The number of aryl methyl sites for hydroxylation is 2. The van der Waals surface area contributed by atoms with Crippen LogP contribution in [-0.4, -0.2) is 35.5 Å². The molecular formula is C29H26N2O5S. The predicted octanol–water partition coefficient (Wildman–Crippen LogP) is 5.95. The number of para-hydroxylation sites is 1. The quantitative estimate of drug-likeness (QED) is 0.194. The van der Waals surface area contributed by atoms with Gasteiger partial charge in [-0.3, -0.25) is 14.5 Å². The third-order valence-electron chi connectivity index (χ3n) is 6.34. The number of aromatic nitrogens is 1. The molecule has 1 aromatic heterocycles. The molecule has 188 valence electrons. The molecular weight excluding hydrogens is 488 g/mol. The van der Waals surface area contributed by atoms with Gasteiger partial charge >= 0.3 is 5.91 Å². The van der Waals surface area contributed by atoms with Gasteiger partial charge < -0.3 is 14.6 Å². The molecule has 0 spiro atoms. The largest absolute Gasteiger partial charge is 0.507 e. The van der Waals surface area contributed by atoms with E-state index in [0.29, 0.717) is 34.4 Å². The van der Waals surface area contributed by atoms with Crippen LogP contribution in [0.2, 0.25) is 0 Å². The smallest absolute Gasteiger partial charge is 0.301 e. The Bertz CT molecular complexity index is 1550. The van der Waals surface area contributed by atoms with E-state index in [9.17, 15) is 14.7 Å². The maximum Gasteiger partial charge on any atom is 0.301 e. The van der Waals surface area contributed by atoms with E-state index in [0.717, 1.165) is 21.3 Å². The number of Topliss-reactive ketones (excluding diaryl/α,β-unsaturated/α-hetero) is 1. The number of anilines is 1. The van der Waals surface area contributed by atoms with Crippen LogP contribution in [0.25, 0.3) is 16.0 Å². The highest BCUT2D eigenvalue weighted by atomic mass is 32.1. The number of hydrogen-bond acceptors (Lipinski definition) is 7. The number of carbonyl (C=O) groups excluding carboxylic acids is 2. The first kappa shape index (κ1) is 24.5. The molecule has 8 heteroatoms. The molecule has 7 nitrogen and oxygen atoms in total. The fourth-order valence-electron chi connectivity index (χ4n) is 4.71. The molecule has 0 saturated carbocycles. The van der Waals surface area contributed by atoms with Crippen LogP contribution in [0.4, 0.5) is 5.13 Å². The number of amides is 1. The van der Waals surface area contributed by atoms with Gasteiger partial charge in [-0.2, -0.15) is 0 Å². The Kier molecular flexibility index (Phi) is 6.43. The van der Waals surface area contributed by atoms with Crippen LogP contribution in [-0.2, 0) is 9.59 Å². The molecule has 0 bridgehead atoms. The highest BCUT2D eigenvalue weighted by Gasteiger charge is 2.49. The molecule has 1 amide bonds. The number of rotatable bonds is 6. The summed E-state index contributed by atoms with van der Waals surface area (Å²) in [6.07, 6.45) is 0. The number of aliphatic hydroxyl groups excluding tert-OH is 1. The van der Waals surface area contributed by atoms with Crippen LogP contribution in [0, 0.1) is 13.8 Å². The average molecular weight is 515 g/mol. The standard InChI is InChI=1S/C29H26N2O5S/c1-5-36-19-12-10-18(11-13-19)26(32)23-25(20-8-6-7-9-21(20)35-4)31(28(34)27(23)33)29-30-24-17(3)14-16(2)15-22(24)37-29/h6-15,25,32H,5H2,1-4H3. The zero-order valence-electron chi connectivity index (χ0n) is 20.9. The van der Waals surface area contributed by atoms with Crippen molar-refractivity contribution in [2.75, 3.05) is 18.6 Å². The SMILES string of the molecule is CCOc1ccc(C(O)=C2C(=O)C(=O)N(c3nc4c(C)cc(C)cc4s3)C2c2ccccc2OC)cc1. The van der Waals surface area contributed by atoms with E-state index in [4.69, 9.17) is 14.5 Å². The van der Waals surface area contributed by atoms with E-state index in [1.165, 1.54) is 23.3 Å². The minimum absolute atomic E-state index is 0.0224. The summed E-state index contributed by atoms with van der Waals surface area (Å²) in [6.45, 7) is 6.36. The molecule has 1 atom stereocenters. The lowest BCUT2D eigenvalue weighted by molar-refractivity contribution is -0.132. The van der Waals surface area contributed by atoms with E-state index < -0.39 is 17.7 Å².